The number of nitrogen functional groups attached to an aromatic ring is 1. The molecule has 0 aliphatic carbocycles. The van der Waals surface area contributed by atoms with Gasteiger partial charge in [-0.1, -0.05) is 19.1 Å². The molecule has 1 aromatic rings. The molecule has 1 fully saturated rings. The van der Waals surface area contributed by atoms with Crippen LogP contribution in [0.2, 0.25) is 0 Å². The third kappa shape index (κ3) is 5.53. The molecular formula is C14H19F3N2O2. The second-order valence-electron chi connectivity index (χ2n) is 5.03. The van der Waals surface area contributed by atoms with Crippen molar-refractivity contribution in [2.75, 3.05) is 23.7 Å². The number of carboxylic acid groups (broad SMARTS) is 1. The summed E-state index contributed by atoms with van der Waals surface area (Å²) in [5.41, 5.74) is 8.06. The number of nitrogens with two attached hydrogens (primary N) is 1. The van der Waals surface area contributed by atoms with Crippen molar-refractivity contribution in [3.05, 3.63) is 24.3 Å². The van der Waals surface area contributed by atoms with Crippen molar-refractivity contribution >= 4 is 17.3 Å². The summed E-state index contributed by atoms with van der Waals surface area (Å²) in [6.45, 7) is 4.62. The van der Waals surface area contributed by atoms with Crippen LogP contribution in [0.5, 0.6) is 0 Å². The van der Waals surface area contributed by atoms with Gasteiger partial charge in [-0.25, -0.2) is 4.79 Å². The first-order chi connectivity index (χ1) is 9.71. The highest BCUT2D eigenvalue weighted by atomic mass is 19.4. The summed E-state index contributed by atoms with van der Waals surface area (Å²) in [6, 6.07) is 8.15. The molecule has 0 aromatic heterocycles. The summed E-state index contributed by atoms with van der Waals surface area (Å²) in [4.78, 5) is 11.3. The summed E-state index contributed by atoms with van der Waals surface area (Å²) >= 11 is 0. The monoisotopic (exact) mass is 304 g/mol. The molecule has 0 bridgehead atoms. The van der Waals surface area contributed by atoms with Crippen molar-refractivity contribution in [1.82, 2.24) is 0 Å². The van der Waals surface area contributed by atoms with Crippen LogP contribution in [0.15, 0.2) is 24.3 Å². The van der Waals surface area contributed by atoms with Crippen LogP contribution in [0.4, 0.5) is 24.5 Å². The fraction of sp³-hybridized carbons (Fsp3) is 0.500. The topological polar surface area (TPSA) is 66.6 Å². The van der Waals surface area contributed by atoms with Gasteiger partial charge in [0.25, 0.3) is 0 Å². The van der Waals surface area contributed by atoms with Crippen LogP contribution in [-0.4, -0.2) is 30.3 Å². The van der Waals surface area contributed by atoms with Crippen molar-refractivity contribution in [1.29, 1.82) is 0 Å². The first-order valence-electron chi connectivity index (χ1n) is 6.61. The maximum atomic E-state index is 10.6. The molecule has 0 spiro atoms. The first-order valence-corrected chi connectivity index (χ1v) is 6.61. The molecule has 1 aliphatic heterocycles. The molecule has 21 heavy (non-hydrogen) atoms. The molecule has 1 aliphatic rings. The Morgan fingerprint density at radius 1 is 1.29 bits per heavy atom. The third-order valence-electron chi connectivity index (χ3n) is 3.30. The smallest absolute Gasteiger partial charge is 0.475 e. The van der Waals surface area contributed by atoms with Crippen LogP contribution < -0.4 is 10.6 Å². The Morgan fingerprint density at radius 3 is 2.19 bits per heavy atom. The van der Waals surface area contributed by atoms with Gasteiger partial charge in [0.2, 0.25) is 0 Å². The minimum atomic E-state index is -5.08. The highest BCUT2D eigenvalue weighted by Crippen LogP contribution is 2.27. The van der Waals surface area contributed by atoms with Crippen LogP contribution in [0.3, 0.4) is 0 Å². The van der Waals surface area contributed by atoms with Gasteiger partial charge < -0.3 is 15.7 Å². The van der Waals surface area contributed by atoms with Gasteiger partial charge in [-0.05, 0) is 30.9 Å². The number of benzene rings is 1. The quantitative estimate of drug-likeness (QED) is 0.782. The molecule has 0 radical (unpaired) electrons. The molecule has 1 saturated heterocycles. The van der Waals surface area contributed by atoms with E-state index in [-0.39, 0.29) is 0 Å². The Bertz CT molecular complexity index is 470. The van der Waals surface area contributed by atoms with Crippen molar-refractivity contribution < 1.29 is 23.1 Å². The van der Waals surface area contributed by atoms with Crippen LogP contribution in [0.1, 0.15) is 19.8 Å². The summed E-state index contributed by atoms with van der Waals surface area (Å²) in [6.07, 6.45) is -2.51. The third-order valence-corrected chi connectivity index (χ3v) is 3.30. The van der Waals surface area contributed by atoms with Crippen LogP contribution in [0, 0.1) is 5.92 Å². The molecule has 0 unspecified atom stereocenters. The van der Waals surface area contributed by atoms with E-state index < -0.39 is 12.1 Å². The predicted molar refractivity (Wildman–Crippen MR) is 75.2 cm³/mol. The van der Waals surface area contributed by atoms with Gasteiger partial charge in [-0.15, -0.1) is 0 Å². The SMILES string of the molecule is CC1CCN(c2ccccc2N)CC1.O=C(O)C(F)(F)F. The van der Waals surface area contributed by atoms with E-state index in [1.165, 1.54) is 18.5 Å². The van der Waals surface area contributed by atoms with Crippen LogP contribution in [0.25, 0.3) is 0 Å². The molecule has 0 saturated carbocycles. The lowest BCUT2D eigenvalue weighted by Crippen LogP contribution is -2.33. The zero-order valence-corrected chi connectivity index (χ0v) is 11.7. The molecule has 3 N–H and O–H groups in total. The van der Waals surface area contributed by atoms with Gasteiger partial charge in [0.15, 0.2) is 0 Å². The molecule has 7 heteroatoms. The largest absolute Gasteiger partial charge is 0.490 e. The number of nitrogens with zero attached hydrogens (tertiary/aromatic N) is 1. The number of hydrogen-bond acceptors (Lipinski definition) is 3. The first kappa shape index (κ1) is 17.1. The van der Waals surface area contributed by atoms with Gasteiger partial charge in [0.05, 0.1) is 11.4 Å². The van der Waals surface area contributed by atoms with E-state index in [9.17, 15) is 13.2 Å². The standard InChI is InChI=1S/C12H18N2.C2HF3O2/c1-10-6-8-14(9-7-10)12-5-3-2-4-11(12)13;3-2(4,5)1(6)7/h2-5,10H,6-9,13H2,1H3;(H,6,7). The molecule has 118 valence electrons. The Labute approximate surface area is 121 Å². The van der Waals surface area contributed by atoms with Gasteiger partial charge in [0.1, 0.15) is 0 Å². The number of anilines is 2. The number of piperidine rings is 1. The minimum absolute atomic E-state index is 0.871. The predicted octanol–water partition coefficient (Wildman–Crippen LogP) is 3.14. The van der Waals surface area contributed by atoms with Gasteiger partial charge >= 0.3 is 12.1 Å². The molecule has 0 amide bonds. The number of para-hydroxylation sites is 2. The number of rotatable bonds is 1. The summed E-state index contributed by atoms with van der Waals surface area (Å²) in [5, 5.41) is 7.12. The van der Waals surface area contributed by atoms with Gasteiger partial charge in [0, 0.05) is 13.1 Å². The molecule has 0 atom stereocenters. The highest BCUT2D eigenvalue weighted by molar-refractivity contribution is 5.73. The molecule has 1 aromatic carbocycles. The number of halogens is 3. The molecule has 2 rings (SSSR count). The van der Waals surface area contributed by atoms with Crippen molar-refractivity contribution in [2.45, 2.75) is 25.9 Å². The Hall–Kier alpha value is -1.92. The summed E-state index contributed by atoms with van der Waals surface area (Å²) < 4.78 is 31.7. The lowest BCUT2D eigenvalue weighted by molar-refractivity contribution is -0.192. The van der Waals surface area contributed by atoms with E-state index in [1.54, 1.807) is 0 Å². The maximum absolute atomic E-state index is 10.6. The Balaban J connectivity index is 0.000000270. The fourth-order valence-electron chi connectivity index (χ4n) is 2.03. The van der Waals surface area contributed by atoms with E-state index in [1.807, 2.05) is 12.1 Å². The van der Waals surface area contributed by atoms with E-state index >= 15 is 0 Å². The second kappa shape index (κ2) is 7.19. The zero-order chi connectivity index (χ0) is 16.0. The lowest BCUT2D eigenvalue weighted by Gasteiger charge is -2.32. The fourth-order valence-corrected chi connectivity index (χ4v) is 2.03. The lowest BCUT2D eigenvalue weighted by atomic mass is 9.98. The zero-order valence-electron chi connectivity index (χ0n) is 11.7. The number of aliphatic carboxylic acids is 1. The van der Waals surface area contributed by atoms with E-state index in [4.69, 9.17) is 15.6 Å². The Kier molecular flexibility index (Phi) is 5.87. The van der Waals surface area contributed by atoms with Crippen molar-refractivity contribution in [3.8, 4) is 0 Å². The molecular weight excluding hydrogens is 285 g/mol. The maximum Gasteiger partial charge on any atom is 0.490 e. The van der Waals surface area contributed by atoms with Crippen molar-refractivity contribution in [3.63, 3.8) is 0 Å². The average Bonchev–Trinajstić information content (AvgIpc) is 2.40. The second-order valence-corrected chi connectivity index (χ2v) is 5.03. The number of carbonyl (C=O) groups is 1. The van der Waals surface area contributed by atoms with E-state index in [0.717, 1.165) is 24.7 Å². The Morgan fingerprint density at radius 2 is 1.76 bits per heavy atom. The average molecular weight is 304 g/mol. The van der Waals surface area contributed by atoms with E-state index in [2.05, 4.69) is 24.0 Å². The molecule has 1 heterocycles. The van der Waals surface area contributed by atoms with Gasteiger partial charge in [-0.2, -0.15) is 13.2 Å². The van der Waals surface area contributed by atoms with Crippen LogP contribution in [-0.2, 0) is 4.79 Å². The highest BCUT2D eigenvalue weighted by Gasteiger charge is 2.38. The number of alkyl halides is 3. The van der Waals surface area contributed by atoms with Gasteiger partial charge in [-0.3, -0.25) is 0 Å². The number of hydrogen-bond donors (Lipinski definition) is 2. The van der Waals surface area contributed by atoms with E-state index in [0.29, 0.717) is 0 Å². The van der Waals surface area contributed by atoms with Crippen LogP contribution >= 0.6 is 0 Å². The normalized spacial score (nSPS) is 16.1. The minimum Gasteiger partial charge on any atom is -0.475 e. The summed E-state index contributed by atoms with van der Waals surface area (Å²) in [5.74, 6) is -1.89. The summed E-state index contributed by atoms with van der Waals surface area (Å²) in [7, 11) is 0. The number of carboxylic acids is 1. The molecule has 4 nitrogen and oxygen atoms in total. The van der Waals surface area contributed by atoms with Crippen molar-refractivity contribution in [2.24, 2.45) is 5.92 Å².